The Bertz CT molecular complexity index is 615. The number of aromatic nitrogens is 2. The number of likely N-dealkylation sites (tertiary alicyclic amines) is 1. The maximum absolute atomic E-state index is 6.37. The normalized spacial score (nSPS) is 17.7. The van der Waals surface area contributed by atoms with Gasteiger partial charge in [-0.05, 0) is 58.0 Å². The van der Waals surface area contributed by atoms with Crippen molar-refractivity contribution in [2.75, 3.05) is 19.6 Å². The molecule has 21 heavy (non-hydrogen) atoms. The van der Waals surface area contributed by atoms with E-state index in [1.54, 1.807) is 0 Å². The van der Waals surface area contributed by atoms with Crippen molar-refractivity contribution in [3.63, 3.8) is 0 Å². The van der Waals surface area contributed by atoms with Crippen LogP contribution in [0.4, 0.5) is 0 Å². The Morgan fingerprint density at radius 1 is 1.24 bits per heavy atom. The molecular formula is C16H21Cl2N3. The molecule has 1 unspecified atom stereocenters. The number of benzene rings is 1. The number of hydrogen-bond donors (Lipinski definition) is 0. The number of halogens is 2. The van der Waals surface area contributed by atoms with Crippen LogP contribution in [-0.2, 0) is 6.54 Å². The zero-order valence-electron chi connectivity index (χ0n) is 12.4. The number of nitrogens with zero attached hydrogens (tertiary/aromatic N) is 3. The first-order chi connectivity index (χ1) is 10.2. The second-order valence-electron chi connectivity index (χ2n) is 5.75. The minimum atomic E-state index is -0.111. The van der Waals surface area contributed by atoms with Gasteiger partial charge in [-0.2, -0.15) is 0 Å². The number of fused-ring (bicyclic) bond motifs is 1. The lowest BCUT2D eigenvalue weighted by atomic mass is 10.3. The maximum Gasteiger partial charge on any atom is 0.127 e. The SMILES string of the molecule is CC(Cl)c1nc2cccc(Cl)c2n1CCCN1CCCC1. The third kappa shape index (κ3) is 3.20. The van der Waals surface area contributed by atoms with Crippen molar-refractivity contribution >= 4 is 34.2 Å². The Labute approximate surface area is 135 Å². The maximum atomic E-state index is 6.37. The molecule has 1 aliphatic heterocycles. The second-order valence-corrected chi connectivity index (χ2v) is 6.81. The van der Waals surface area contributed by atoms with Crippen LogP contribution in [-0.4, -0.2) is 34.1 Å². The topological polar surface area (TPSA) is 21.1 Å². The largest absolute Gasteiger partial charge is 0.325 e. The van der Waals surface area contributed by atoms with Gasteiger partial charge in [-0.3, -0.25) is 0 Å². The standard InChI is InChI=1S/C16H21Cl2N3/c1-12(17)16-19-14-7-4-6-13(18)15(14)21(16)11-5-10-20-8-2-3-9-20/h4,6-7,12H,2-3,5,8-11H2,1H3. The number of alkyl halides is 1. The summed E-state index contributed by atoms with van der Waals surface area (Å²) in [6, 6.07) is 5.86. The molecule has 0 radical (unpaired) electrons. The fourth-order valence-electron chi connectivity index (χ4n) is 3.15. The molecule has 3 rings (SSSR count). The van der Waals surface area contributed by atoms with Crippen LogP contribution in [0.25, 0.3) is 11.0 Å². The predicted molar refractivity (Wildman–Crippen MR) is 89.3 cm³/mol. The number of para-hydroxylation sites is 1. The first-order valence-electron chi connectivity index (χ1n) is 7.68. The molecule has 1 fully saturated rings. The fraction of sp³-hybridized carbons (Fsp3) is 0.562. The van der Waals surface area contributed by atoms with E-state index < -0.39 is 0 Å². The molecule has 0 bridgehead atoms. The van der Waals surface area contributed by atoms with Gasteiger partial charge >= 0.3 is 0 Å². The summed E-state index contributed by atoms with van der Waals surface area (Å²) in [7, 11) is 0. The molecule has 114 valence electrons. The molecule has 1 atom stereocenters. The van der Waals surface area contributed by atoms with Crippen LogP contribution >= 0.6 is 23.2 Å². The fourth-order valence-corrected chi connectivity index (χ4v) is 3.59. The van der Waals surface area contributed by atoms with Crippen LogP contribution in [0.3, 0.4) is 0 Å². The monoisotopic (exact) mass is 325 g/mol. The van der Waals surface area contributed by atoms with Gasteiger partial charge in [0.05, 0.1) is 21.4 Å². The predicted octanol–water partition coefficient (Wildman–Crippen LogP) is 4.48. The van der Waals surface area contributed by atoms with Gasteiger partial charge in [0.15, 0.2) is 0 Å². The van der Waals surface area contributed by atoms with Crippen molar-refractivity contribution < 1.29 is 0 Å². The molecule has 0 spiro atoms. The Kier molecular flexibility index (Phi) is 4.72. The smallest absolute Gasteiger partial charge is 0.127 e. The summed E-state index contributed by atoms with van der Waals surface area (Å²) in [5.74, 6) is 0.918. The van der Waals surface area contributed by atoms with E-state index in [2.05, 4.69) is 14.5 Å². The quantitative estimate of drug-likeness (QED) is 0.756. The van der Waals surface area contributed by atoms with Gasteiger partial charge in [0.25, 0.3) is 0 Å². The van der Waals surface area contributed by atoms with Gasteiger partial charge in [-0.15, -0.1) is 11.6 Å². The minimum absolute atomic E-state index is 0.111. The van der Waals surface area contributed by atoms with Crippen LogP contribution in [0.15, 0.2) is 18.2 Å². The van der Waals surface area contributed by atoms with Crippen LogP contribution < -0.4 is 0 Å². The molecule has 5 heteroatoms. The zero-order valence-corrected chi connectivity index (χ0v) is 13.9. The molecule has 1 aromatic heterocycles. The van der Waals surface area contributed by atoms with E-state index >= 15 is 0 Å². The Morgan fingerprint density at radius 3 is 2.71 bits per heavy atom. The van der Waals surface area contributed by atoms with E-state index in [1.807, 2.05) is 25.1 Å². The Morgan fingerprint density at radius 2 is 2.00 bits per heavy atom. The summed E-state index contributed by atoms with van der Waals surface area (Å²) in [6.45, 7) is 6.51. The molecule has 2 heterocycles. The van der Waals surface area contributed by atoms with Crippen molar-refractivity contribution in [1.29, 1.82) is 0 Å². The van der Waals surface area contributed by atoms with Crippen molar-refractivity contribution in [3.05, 3.63) is 29.0 Å². The molecule has 2 aromatic rings. The molecule has 1 saturated heterocycles. The van der Waals surface area contributed by atoms with Crippen molar-refractivity contribution in [2.45, 2.75) is 38.1 Å². The highest BCUT2D eigenvalue weighted by atomic mass is 35.5. The Hall–Kier alpha value is -0.770. The van der Waals surface area contributed by atoms with Gasteiger partial charge in [-0.25, -0.2) is 4.98 Å². The Balaban J connectivity index is 1.82. The van der Waals surface area contributed by atoms with E-state index in [4.69, 9.17) is 23.2 Å². The minimum Gasteiger partial charge on any atom is -0.325 e. The molecule has 0 aliphatic carbocycles. The van der Waals surface area contributed by atoms with Gasteiger partial charge in [-0.1, -0.05) is 17.7 Å². The molecule has 1 aromatic carbocycles. The second kappa shape index (κ2) is 6.55. The first kappa shape index (κ1) is 15.1. The van der Waals surface area contributed by atoms with E-state index in [0.717, 1.165) is 41.4 Å². The van der Waals surface area contributed by atoms with Crippen molar-refractivity contribution in [3.8, 4) is 0 Å². The molecule has 0 saturated carbocycles. The highest BCUT2D eigenvalue weighted by molar-refractivity contribution is 6.35. The summed E-state index contributed by atoms with van der Waals surface area (Å²) in [5.41, 5.74) is 1.95. The van der Waals surface area contributed by atoms with E-state index in [-0.39, 0.29) is 5.38 Å². The number of imidazole rings is 1. The van der Waals surface area contributed by atoms with Crippen LogP contribution in [0, 0.1) is 0 Å². The van der Waals surface area contributed by atoms with Crippen molar-refractivity contribution in [2.24, 2.45) is 0 Å². The molecule has 1 aliphatic rings. The molecule has 0 N–H and O–H groups in total. The third-order valence-corrected chi connectivity index (χ3v) is 4.66. The summed E-state index contributed by atoms with van der Waals surface area (Å²) in [5, 5.41) is 0.644. The average Bonchev–Trinajstić information content (AvgIpc) is 3.07. The summed E-state index contributed by atoms with van der Waals surface area (Å²) in [6.07, 6.45) is 3.78. The summed E-state index contributed by atoms with van der Waals surface area (Å²) in [4.78, 5) is 7.19. The molecule has 0 amide bonds. The summed E-state index contributed by atoms with van der Waals surface area (Å²) >= 11 is 12.7. The molecule has 3 nitrogen and oxygen atoms in total. The summed E-state index contributed by atoms with van der Waals surface area (Å²) < 4.78 is 2.20. The van der Waals surface area contributed by atoms with Gasteiger partial charge in [0, 0.05) is 6.54 Å². The highest BCUT2D eigenvalue weighted by Crippen LogP contribution is 2.29. The first-order valence-corrected chi connectivity index (χ1v) is 8.49. The molecular weight excluding hydrogens is 305 g/mol. The number of hydrogen-bond acceptors (Lipinski definition) is 2. The van der Waals surface area contributed by atoms with Gasteiger partial charge in [0.1, 0.15) is 5.82 Å². The van der Waals surface area contributed by atoms with Crippen LogP contribution in [0.5, 0.6) is 0 Å². The zero-order chi connectivity index (χ0) is 14.8. The lowest BCUT2D eigenvalue weighted by Crippen LogP contribution is -2.21. The van der Waals surface area contributed by atoms with Crippen molar-refractivity contribution in [1.82, 2.24) is 14.5 Å². The van der Waals surface area contributed by atoms with Crippen LogP contribution in [0.2, 0.25) is 5.02 Å². The lowest BCUT2D eigenvalue weighted by Gasteiger charge is -2.16. The van der Waals surface area contributed by atoms with E-state index in [1.165, 1.54) is 25.9 Å². The van der Waals surface area contributed by atoms with E-state index in [0.29, 0.717) is 0 Å². The van der Waals surface area contributed by atoms with Gasteiger partial charge in [0.2, 0.25) is 0 Å². The van der Waals surface area contributed by atoms with Crippen LogP contribution in [0.1, 0.15) is 37.4 Å². The lowest BCUT2D eigenvalue weighted by molar-refractivity contribution is 0.325. The third-order valence-electron chi connectivity index (χ3n) is 4.16. The van der Waals surface area contributed by atoms with Gasteiger partial charge < -0.3 is 9.47 Å². The average molecular weight is 326 g/mol. The number of rotatable bonds is 5. The van der Waals surface area contributed by atoms with E-state index in [9.17, 15) is 0 Å². The highest BCUT2D eigenvalue weighted by Gasteiger charge is 2.17. The number of aryl methyl sites for hydroxylation is 1.